The van der Waals surface area contributed by atoms with E-state index >= 15 is 0 Å². The van der Waals surface area contributed by atoms with E-state index in [1.54, 1.807) is 0 Å². The molecule has 3 rings (SSSR count). The third-order valence-electron chi connectivity index (χ3n) is 6.12. The zero-order chi connectivity index (χ0) is 25.9. The molecule has 0 unspecified atom stereocenters. The van der Waals surface area contributed by atoms with E-state index in [0.29, 0.717) is 23.9 Å². The summed E-state index contributed by atoms with van der Waals surface area (Å²) in [6.07, 6.45) is -0.0105. The van der Waals surface area contributed by atoms with Crippen molar-refractivity contribution in [2.75, 3.05) is 5.73 Å². The van der Waals surface area contributed by atoms with E-state index in [4.69, 9.17) is 25.6 Å². The molecule has 0 spiro atoms. The van der Waals surface area contributed by atoms with Crippen LogP contribution in [0.3, 0.4) is 0 Å². The first kappa shape index (κ1) is 26.3. The van der Waals surface area contributed by atoms with Gasteiger partial charge in [-0.1, -0.05) is 52.0 Å². The molecule has 5 heteroatoms. The number of nitrogens with one attached hydrogen (secondary N) is 1. The quantitative estimate of drug-likeness (QED) is 0.250. The van der Waals surface area contributed by atoms with Crippen LogP contribution in [0.15, 0.2) is 42.5 Å². The fraction of sp³-hybridized carbons (Fsp3) is 0.400. The first-order chi connectivity index (χ1) is 16.5. The number of aryl methyl sites for hydroxylation is 2. The summed E-state index contributed by atoms with van der Waals surface area (Å²) in [4.78, 5) is 4.92. The lowest BCUT2D eigenvalue weighted by Crippen LogP contribution is -2.14. The molecule has 0 bridgehead atoms. The normalized spacial score (nSPS) is 11.4. The first-order valence-electron chi connectivity index (χ1n) is 12.4. The molecule has 0 aliphatic rings. The maximum atomic E-state index is 8.65. The van der Waals surface area contributed by atoms with E-state index in [1.165, 1.54) is 5.56 Å². The Morgan fingerprint density at radius 1 is 0.971 bits per heavy atom. The Labute approximate surface area is 210 Å². The molecule has 0 amide bonds. The number of pyridine rings is 1. The Morgan fingerprint density at radius 3 is 2.31 bits per heavy atom. The molecule has 0 radical (unpaired) electrons. The van der Waals surface area contributed by atoms with Crippen molar-refractivity contribution in [3.63, 3.8) is 0 Å². The molecule has 0 saturated carbocycles. The van der Waals surface area contributed by atoms with E-state index < -0.39 is 0 Å². The molecule has 1 heterocycles. The summed E-state index contributed by atoms with van der Waals surface area (Å²) in [5.41, 5.74) is 13.8. The Bertz CT molecular complexity index is 1210. The second-order valence-corrected chi connectivity index (χ2v) is 10.0. The number of nitrogens with zero attached hydrogens (tertiary/aromatic N) is 1. The molecule has 1 aromatic heterocycles. The Hall–Kier alpha value is -3.34. The van der Waals surface area contributed by atoms with Gasteiger partial charge in [0.15, 0.2) is 0 Å². The molecule has 3 N–H and O–H groups in total. The number of nitrogens with two attached hydrogens (primary N) is 1. The fourth-order valence-corrected chi connectivity index (χ4v) is 4.00. The van der Waals surface area contributed by atoms with Crippen LogP contribution in [-0.2, 0) is 6.61 Å². The summed E-state index contributed by atoms with van der Waals surface area (Å²) in [7, 11) is 0. The van der Waals surface area contributed by atoms with Crippen LogP contribution < -0.4 is 15.2 Å². The van der Waals surface area contributed by atoms with Crippen LogP contribution in [0.1, 0.15) is 75.4 Å². The van der Waals surface area contributed by atoms with Gasteiger partial charge in [0.1, 0.15) is 18.1 Å². The van der Waals surface area contributed by atoms with Gasteiger partial charge in [0.25, 0.3) is 0 Å². The van der Waals surface area contributed by atoms with Gasteiger partial charge in [-0.25, -0.2) is 0 Å². The predicted molar refractivity (Wildman–Crippen MR) is 146 cm³/mol. The Kier molecular flexibility index (Phi) is 8.21. The van der Waals surface area contributed by atoms with Crippen molar-refractivity contribution in [1.82, 2.24) is 4.98 Å². The van der Waals surface area contributed by atoms with Gasteiger partial charge in [-0.05, 0) is 62.8 Å². The second kappa shape index (κ2) is 10.9. The minimum Gasteiger partial charge on any atom is -0.490 e. The molecular weight excluding hydrogens is 434 g/mol. The third-order valence-corrected chi connectivity index (χ3v) is 6.12. The van der Waals surface area contributed by atoms with Crippen molar-refractivity contribution in [1.29, 1.82) is 5.41 Å². The van der Waals surface area contributed by atoms with Gasteiger partial charge in [0, 0.05) is 34.3 Å². The second-order valence-electron chi connectivity index (χ2n) is 10.0. The van der Waals surface area contributed by atoms with Crippen molar-refractivity contribution in [2.24, 2.45) is 5.92 Å². The summed E-state index contributed by atoms with van der Waals surface area (Å²) < 4.78 is 12.5. The first-order valence-corrected chi connectivity index (χ1v) is 12.4. The van der Waals surface area contributed by atoms with Gasteiger partial charge >= 0.3 is 0 Å². The highest BCUT2D eigenvalue weighted by Crippen LogP contribution is 2.34. The van der Waals surface area contributed by atoms with Gasteiger partial charge in [0.2, 0.25) is 0 Å². The predicted octanol–water partition coefficient (Wildman–Crippen LogP) is 7.46. The van der Waals surface area contributed by atoms with Gasteiger partial charge < -0.3 is 20.6 Å². The zero-order valence-corrected chi connectivity index (χ0v) is 22.3. The summed E-state index contributed by atoms with van der Waals surface area (Å²) >= 11 is 0. The van der Waals surface area contributed by atoms with Gasteiger partial charge in [-0.2, -0.15) is 0 Å². The number of nitrogen functional groups attached to an aromatic ring is 1. The van der Waals surface area contributed by atoms with Crippen molar-refractivity contribution in [3.8, 4) is 22.8 Å². The lowest BCUT2D eigenvalue weighted by atomic mass is 9.92. The number of hydrogen-bond donors (Lipinski definition) is 2. The number of ether oxygens (including phenoxy) is 2. The number of rotatable bonds is 9. The maximum absolute atomic E-state index is 8.65. The van der Waals surface area contributed by atoms with E-state index in [1.807, 2.05) is 58.9 Å². The van der Waals surface area contributed by atoms with Gasteiger partial charge in [-0.15, -0.1) is 0 Å². The Balaban J connectivity index is 2.06. The summed E-state index contributed by atoms with van der Waals surface area (Å²) in [6.45, 7) is 16.8. The SMILES string of the molecule is Cc1ccc(C(C)C)cc1OCc1c(OC(C)C)cc(-c2cccc(N)c2C(=N)C(C)C)nc1C. The van der Waals surface area contributed by atoms with Gasteiger partial charge in [0.05, 0.1) is 17.4 Å². The van der Waals surface area contributed by atoms with E-state index in [9.17, 15) is 0 Å². The number of benzene rings is 2. The molecule has 0 atom stereocenters. The van der Waals surface area contributed by atoms with E-state index in [-0.39, 0.29) is 12.0 Å². The summed E-state index contributed by atoms with van der Waals surface area (Å²) in [5.74, 6) is 2.09. The summed E-state index contributed by atoms with van der Waals surface area (Å²) in [6, 6.07) is 14.0. The van der Waals surface area contributed by atoms with Crippen molar-refractivity contribution < 1.29 is 9.47 Å². The number of hydrogen-bond acceptors (Lipinski definition) is 5. The minimum atomic E-state index is -0.0105. The highest BCUT2D eigenvalue weighted by molar-refractivity contribution is 6.09. The lowest BCUT2D eigenvalue weighted by molar-refractivity contribution is 0.229. The zero-order valence-electron chi connectivity index (χ0n) is 22.3. The Morgan fingerprint density at radius 2 is 1.69 bits per heavy atom. The largest absolute Gasteiger partial charge is 0.490 e. The molecule has 3 aromatic rings. The molecule has 0 saturated heterocycles. The van der Waals surface area contributed by atoms with Crippen molar-refractivity contribution >= 4 is 11.4 Å². The minimum absolute atomic E-state index is 0.0105. The van der Waals surface area contributed by atoms with E-state index in [0.717, 1.165) is 45.1 Å². The molecule has 0 aliphatic carbocycles. The average molecular weight is 474 g/mol. The average Bonchev–Trinajstić information content (AvgIpc) is 2.78. The van der Waals surface area contributed by atoms with Crippen molar-refractivity contribution in [3.05, 3.63) is 70.4 Å². The van der Waals surface area contributed by atoms with Gasteiger partial charge in [-0.3, -0.25) is 4.98 Å². The fourth-order valence-electron chi connectivity index (χ4n) is 4.00. The molecule has 0 fully saturated rings. The topological polar surface area (TPSA) is 81.2 Å². The van der Waals surface area contributed by atoms with Crippen LogP contribution in [0.4, 0.5) is 5.69 Å². The molecule has 186 valence electrons. The summed E-state index contributed by atoms with van der Waals surface area (Å²) in [5, 5.41) is 8.65. The standard InChI is InChI=1S/C30H39N3O2/c1-17(2)22-13-12-20(7)27(14-22)34-16-24-21(8)33-26(15-28(24)35-19(5)6)23-10-9-11-25(31)29(23)30(32)18(3)4/h9-15,17-19,32H,16,31H2,1-8H3. The number of aromatic nitrogens is 1. The molecule has 5 nitrogen and oxygen atoms in total. The molecular formula is C30H39N3O2. The van der Waals surface area contributed by atoms with Crippen LogP contribution in [0.2, 0.25) is 0 Å². The van der Waals surface area contributed by atoms with Crippen molar-refractivity contribution in [2.45, 2.75) is 74.0 Å². The number of anilines is 1. The maximum Gasteiger partial charge on any atom is 0.130 e. The lowest BCUT2D eigenvalue weighted by Gasteiger charge is -2.20. The van der Waals surface area contributed by atoms with Crippen LogP contribution >= 0.6 is 0 Å². The molecule has 35 heavy (non-hydrogen) atoms. The van der Waals surface area contributed by atoms with Crippen LogP contribution in [0.25, 0.3) is 11.3 Å². The molecule has 2 aromatic carbocycles. The monoisotopic (exact) mass is 473 g/mol. The third kappa shape index (κ3) is 6.02. The smallest absolute Gasteiger partial charge is 0.130 e. The molecule has 0 aliphatic heterocycles. The van der Waals surface area contributed by atoms with E-state index in [2.05, 4.69) is 39.0 Å². The van der Waals surface area contributed by atoms with Crippen LogP contribution in [-0.4, -0.2) is 16.8 Å². The van der Waals surface area contributed by atoms with Crippen LogP contribution in [0.5, 0.6) is 11.5 Å². The highest BCUT2D eigenvalue weighted by Gasteiger charge is 2.20. The van der Waals surface area contributed by atoms with Crippen LogP contribution in [0, 0.1) is 25.2 Å². The highest BCUT2D eigenvalue weighted by atomic mass is 16.5.